The summed E-state index contributed by atoms with van der Waals surface area (Å²) < 4.78 is 4.91. The molecule has 0 fully saturated rings. The van der Waals surface area contributed by atoms with Crippen molar-refractivity contribution in [3.8, 4) is 0 Å². The molecule has 90 valence electrons. The number of carbonyl (C=O) groups is 1. The van der Waals surface area contributed by atoms with Crippen molar-refractivity contribution in [2.24, 2.45) is 0 Å². The van der Waals surface area contributed by atoms with E-state index in [1.54, 1.807) is 0 Å². The maximum absolute atomic E-state index is 11.2. The van der Waals surface area contributed by atoms with Gasteiger partial charge in [-0.25, -0.2) is 0 Å². The summed E-state index contributed by atoms with van der Waals surface area (Å²) in [6.45, 7) is 4.52. The highest BCUT2D eigenvalue weighted by molar-refractivity contribution is 9.10. The van der Waals surface area contributed by atoms with Crippen LogP contribution in [-0.4, -0.2) is 17.4 Å². The fourth-order valence-corrected chi connectivity index (χ4v) is 1.91. The minimum atomic E-state index is -0.119. The van der Waals surface area contributed by atoms with Gasteiger partial charge in [0, 0.05) is 0 Å². The van der Waals surface area contributed by atoms with Crippen molar-refractivity contribution >= 4 is 21.9 Å². The van der Waals surface area contributed by atoms with Crippen molar-refractivity contribution in [3.05, 3.63) is 0 Å². The number of ether oxygens (including phenoxy) is 1. The second-order valence-electron chi connectivity index (χ2n) is 3.78. The van der Waals surface area contributed by atoms with Crippen LogP contribution in [0.5, 0.6) is 0 Å². The minimum absolute atomic E-state index is 0.108. The van der Waals surface area contributed by atoms with E-state index in [1.165, 1.54) is 32.1 Å². The summed E-state index contributed by atoms with van der Waals surface area (Å²) in [5.41, 5.74) is 0. The van der Waals surface area contributed by atoms with E-state index < -0.39 is 0 Å². The van der Waals surface area contributed by atoms with Crippen LogP contribution in [0.15, 0.2) is 0 Å². The van der Waals surface area contributed by atoms with Crippen LogP contribution in [-0.2, 0) is 9.53 Å². The Hall–Kier alpha value is -0.0500. The van der Waals surface area contributed by atoms with Crippen LogP contribution in [0.2, 0.25) is 0 Å². The third-order valence-corrected chi connectivity index (χ3v) is 3.19. The molecule has 0 spiro atoms. The fourth-order valence-electron chi connectivity index (χ4n) is 1.45. The predicted molar refractivity (Wildman–Crippen MR) is 67.3 cm³/mol. The molecule has 0 amide bonds. The van der Waals surface area contributed by atoms with E-state index in [1.807, 2.05) is 6.92 Å². The Balaban J connectivity index is 3.30. The number of halogens is 1. The molecule has 0 heterocycles. The van der Waals surface area contributed by atoms with Crippen molar-refractivity contribution in [1.29, 1.82) is 0 Å². The molecule has 1 atom stereocenters. The van der Waals surface area contributed by atoms with Gasteiger partial charge < -0.3 is 4.74 Å². The predicted octanol–water partition coefficient (Wildman–Crippen LogP) is 4.06. The zero-order chi connectivity index (χ0) is 11.5. The van der Waals surface area contributed by atoms with Crippen molar-refractivity contribution in [2.75, 3.05) is 6.61 Å². The molecule has 0 aromatic carbocycles. The van der Waals surface area contributed by atoms with E-state index in [9.17, 15) is 4.79 Å². The molecule has 0 bridgehead atoms. The summed E-state index contributed by atoms with van der Waals surface area (Å²) in [5.74, 6) is -0.119. The van der Waals surface area contributed by atoms with Gasteiger partial charge in [0.15, 0.2) is 0 Å². The van der Waals surface area contributed by atoms with E-state index >= 15 is 0 Å². The average Bonchev–Trinajstić information content (AvgIpc) is 2.23. The molecule has 0 aliphatic carbocycles. The topological polar surface area (TPSA) is 26.3 Å². The van der Waals surface area contributed by atoms with Crippen LogP contribution >= 0.6 is 15.9 Å². The molecule has 0 N–H and O–H groups in total. The van der Waals surface area contributed by atoms with Gasteiger partial charge in [-0.1, -0.05) is 61.4 Å². The molecule has 0 rings (SSSR count). The third-order valence-electron chi connectivity index (χ3n) is 2.35. The lowest BCUT2D eigenvalue weighted by Gasteiger charge is -2.08. The highest BCUT2D eigenvalue weighted by Gasteiger charge is 2.14. The maximum Gasteiger partial charge on any atom is 0.319 e. The molecular formula is C12H23BrO2. The van der Waals surface area contributed by atoms with Gasteiger partial charge in [0.1, 0.15) is 4.83 Å². The monoisotopic (exact) mass is 278 g/mol. The molecule has 2 nitrogen and oxygen atoms in total. The molecule has 0 aliphatic rings. The molecule has 0 saturated heterocycles. The Labute approximate surface area is 102 Å². The normalized spacial score (nSPS) is 12.5. The van der Waals surface area contributed by atoms with Gasteiger partial charge in [-0.05, 0) is 13.3 Å². The van der Waals surface area contributed by atoms with Crippen LogP contribution in [0.4, 0.5) is 0 Å². The SMILES string of the molecule is CCCCCCCC[C@@H](Br)C(=O)OCC. The largest absolute Gasteiger partial charge is 0.465 e. The number of carbonyl (C=O) groups excluding carboxylic acids is 1. The number of hydrogen-bond acceptors (Lipinski definition) is 2. The molecule has 15 heavy (non-hydrogen) atoms. The van der Waals surface area contributed by atoms with E-state index in [4.69, 9.17) is 4.74 Å². The summed E-state index contributed by atoms with van der Waals surface area (Å²) in [6, 6.07) is 0. The second-order valence-corrected chi connectivity index (χ2v) is 4.88. The third kappa shape index (κ3) is 8.91. The van der Waals surface area contributed by atoms with Crippen molar-refractivity contribution in [1.82, 2.24) is 0 Å². The Kier molecular flexibility index (Phi) is 10.4. The number of hydrogen-bond donors (Lipinski definition) is 0. The van der Waals surface area contributed by atoms with Crippen LogP contribution in [0.1, 0.15) is 58.8 Å². The Morgan fingerprint density at radius 3 is 2.33 bits per heavy atom. The molecule has 0 unspecified atom stereocenters. The van der Waals surface area contributed by atoms with E-state index in [-0.39, 0.29) is 10.8 Å². The summed E-state index contributed by atoms with van der Waals surface area (Å²) >= 11 is 3.35. The molecule has 0 aromatic rings. The highest BCUT2D eigenvalue weighted by atomic mass is 79.9. The zero-order valence-corrected chi connectivity index (χ0v) is 11.5. The Morgan fingerprint density at radius 1 is 1.13 bits per heavy atom. The minimum Gasteiger partial charge on any atom is -0.465 e. The van der Waals surface area contributed by atoms with Crippen LogP contribution in [0.25, 0.3) is 0 Å². The zero-order valence-electron chi connectivity index (χ0n) is 9.93. The molecular weight excluding hydrogens is 256 g/mol. The number of alkyl halides is 1. The molecule has 0 aromatic heterocycles. The first-order valence-corrected chi connectivity index (χ1v) is 6.94. The van der Waals surface area contributed by atoms with Crippen LogP contribution in [0, 0.1) is 0 Å². The van der Waals surface area contributed by atoms with Gasteiger partial charge in [-0.2, -0.15) is 0 Å². The first-order chi connectivity index (χ1) is 7.22. The summed E-state index contributed by atoms with van der Waals surface area (Å²) in [5, 5.41) is 0. The molecule has 0 saturated carbocycles. The first kappa shape index (κ1) is 14.9. The Morgan fingerprint density at radius 2 is 1.73 bits per heavy atom. The number of unbranched alkanes of at least 4 members (excludes halogenated alkanes) is 5. The number of esters is 1. The fraction of sp³-hybridized carbons (Fsp3) is 0.917. The van der Waals surface area contributed by atoms with Gasteiger partial charge in [-0.15, -0.1) is 0 Å². The van der Waals surface area contributed by atoms with E-state index in [0.717, 1.165) is 12.8 Å². The van der Waals surface area contributed by atoms with Crippen molar-refractivity contribution in [3.63, 3.8) is 0 Å². The van der Waals surface area contributed by atoms with E-state index in [2.05, 4.69) is 22.9 Å². The molecule has 0 aliphatic heterocycles. The lowest BCUT2D eigenvalue weighted by atomic mass is 10.1. The molecule has 0 radical (unpaired) electrons. The quantitative estimate of drug-likeness (QED) is 0.361. The van der Waals surface area contributed by atoms with Gasteiger partial charge in [0.2, 0.25) is 0 Å². The lowest BCUT2D eigenvalue weighted by Crippen LogP contribution is -2.17. The van der Waals surface area contributed by atoms with E-state index in [0.29, 0.717) is 6.61 Å². The van der Waals surface area contributed by atoms with Crippen molar-refractivity contribution < 1.29 is 9.53 Å². The summed E-state index contributed by atoms with van der Waals surface area (Å²) in [7, 11) is 0. The van der Waals surface area contributed by atoms with Gasteiger partial charge >= 0.3 is 5.97 Å². The standard InChI is InChI=1S/C12H23BrO2/c1-3-5-6-7-8-9-10-11(13)12(14)15-4-2/h11H,3-10H2,1-2H3/t11-/m1/s1. The maximum atomic E-state index is 11.2. The Bertz CT molecular complexity index is 160. The summed E-state index contributed by atoms with van der Waals surface area (Å²) in [4.78, 5) is 11.1. The second kappa shape index (κ2) is 10.5. The van der Waals surface area contributed by atoms with Crippen LogP contribution < -0.4 is 0 Å². The highest BCUT2D eigenvalue weighted by Crippen LogP contribution is 2.14. The molecule has 3 heteroatoms. The van der Waals surface area contributed by atoms with Crippen LogP contribution in [0.3, 0.4) is 0 Å². The first-order valence-electron chi connectivity index (χ1n) is 6.03. The van der Waals surface area contributed by atoms with Gasteiger partial charge in [-0.3, -0.25) is 4.79 Å². The lowest BCUT2D eigenvalue weighted by molar-refractivity contribution is -0.142. The smallest absolute Gasteiger partial charge is 0.319 e. The van der Waals surface area contributed by atoms with Gasteiger partial charge in [0.05, 0.1) is 6.61 Å². The van der Waals surface area contributed by atoms with Gasteiger partial charge in [0.25, 0.3) is 0 Å². The summed E-state index contributed by atoms with van der Waals surface area (Å²) in [6.07, 6.45) is 8.45. The number of rotatable bonds is 9. The van der Waals surface area contributed by atoms with Crippen molar-refractivity contribution in [2.45, 2.75) is 63.6 Å². The average molecular weight is 279 g/mol.